The molecule has 26 heavy (non-hydrogen) atoms. The summed E-state index contributed by atoms with van der Waals surface area (Å²) >= 11 is 0. The van der Waals surface area contributed by atoms with Crippen molar-refractivity contribution in [2.45, 2.75) is 33.1 Å². The molecule has 0 radical (unpaired) electrons. The normalized spacial score (nSPS) is 21.3. The number of amides is 1. The third-order valence-electron chi connectivity index (χ3n) is 4.82. The van der Waals surface area contributed by atoms with Crippen molar-refractivity contribution in [2.75, 3.05) is 23.9 Å². The first-order chi connectivity index (χ1) is 12.2. The van der Waals surface area contributed by atoms with Crippen molar-refractivity contribution in [2.24, 2.45) is 11.8 Å². The van der Waals surface area contributed by atoms with Crippen molar-refractivity contribution >= 4 is 21.8 Å². The third kappa shape index (κ3) is 3.64. The summed E-state index contributed by atoms with van der Waals surface area (Å²) in [7, 11) is -4.17. The Bertz CT molecular complexity index is 826. The van der Waals surface area contributed by atoms with E-state index in [9.17, 15) is 22.7 Å². The number of benzene rings is 1. The number of nitrogens with one attached hydrogen (secondary N) is 2. The molecule has 1 aliphatic heterocycles. The monoisotopic (exact) mass is 385 g/mol. The van der Waals surface area contributed by atoms with Gasteiger partial charge < -0.3 is 10.4 Å². The fourth-order valence-electron chi connectivity index (χ4n) is 3.52. The fourth-order valence-corrected chi connectivity index (χ4v) is 4.68. The molecule has 9 heteroatoms. The molecule has 1 aromatic rings. The Balaban J connectivity index is 1.78. The van der Waals surface area contributed by atoms with Crippen molar-refractivity contribution in [3.8, 4) is 5.75 Å². The standard InChI is InChI=1S/C17H24FN3O4S/c1-10(2)3-4-19-8-11-5-12-7-14(22)17(16(18)13(12)6-11)21-9-15(23)20-26(21,24)25/h7,10-11,19,22H,3-6,8-9H2,1-2H3,(H,20,23). The number of aromatic hydroxyl groups is 1. The Morgan fingerprint density at radius 2 is 2.15 bits per heavy atom. The zero-order valence-electron chi connectivity index (χ0n) is 14.9. The molecule has 1 atom stereocenters. The van der Waals surface area contributed by atoms with Gasteiger partial charge in [-0.1, -0.05) is 13.8 Å². The van der Waals surface area contributed by atoms with Crippen LogP contribution in [0.25, 0.3) is 0 Å². The van der Waals surface area contributed by atoms with Gasteiger partial charge in [0.2, 0.25) is 0 Å². The van der Waals surface area contributed by atoms with Crippen LogP contribution in [0.4, 0.5) is 10.1 Å². The summed E-state index contributed by atoms with van der Waals surface area (Å²) in [5.41, 5.74) is 0.661. The molecular formula is C17H24FN3O4S. The van der Waals surface area contributed by atoms with E-state index in [1.807, 2.05) is 0 Å². The minimum atomic E-state index is -4.17. The van der Waals surface area contributed by atoms with Crippen molar-refractivity contribution in [3.05, 3.63) is 23.0 Å². The second kappa shape index (κ2) is 7.03. The highest BCUT2D eigenvalue weighted by Crippen LogP contribution is 2.41. The van der Waals surface area contributed by atoms with Gasteiger partial charge in [0, 0.05) is 0 Å². The van der Waals surface area contributed by atoms with Gasteiger partial charge in [-0.15, -0.1) is 0 Å². The Labute approximate surface area is 152 Å². The number of anilines is 1. The number of carbonyl (C=O) groups is 1. The van der Waals surface area contributed by atoms with Crippen LogP contribution < -0.4 is 14.3 Å². The van der Waals surface area contributed by atoms with E-state index in [-0.39, 0.29) is 5.92 Å². The maximum absolute atomic E-state index is 15.0. The number of halogens is 1. The molecule has 1 aliphatic carbocycles. The molecule has 144 valence electrons. The molecule has 3 N–H and O–H groups in total. The summed E-state index contributed by atoms with van der Waals surface area (Å²) in [6, 6.07) is 1.42. The van der Waals surface area contributed by atoms with Crippen LogP contribution in [0.15, 0.2) is 6.07 Å². The number of rotatable bonds is 6. The maximum atomic E-state index is 15.0. The molecule has 1 aromatic carbocycles. The maximum Gasteiger partial charge on any atom is 0.326 e. The smallest absolute Gasteiger partial charge is 0.326 e. The third-order valence-corrected chi connectivity index (χ3v) is 6.19. The van der Waals surface area contributed by atoms with E-state index in [0.717, 1.165) is 19.5 Å². The highest BCUT2D eigenvalue weighted by atomic mass is 32.2. The number of hydrogen-bond donors (Lipinski definition) is 3. The van der Waals surface area contributed by atoms with Crippen LogP contribution in [0.2, 0.25) is 0 Å². The number of carbonyl (C=O) groups excluding carboxylic acids is 1. The lowest BCUT2D eigenvalue weighted by Gasteiger charge is -2.18. The van der Waals surface area contributed by atoms with Gasteiger partial charge in [-0.25, -0.2) is 13.4 Å². The van der Waals surface area contributed by atoms with Crippen LogP contribution in [0, 0.1) is 17.7 Å². The first-order valence-corrected chi connectivity index (χ1v) is 10.2. The lowest BCUT2D eigenvalue weighted by molar-refractivity contribution is -0.117. The molecule has 0 saturated carbocycles. The van der Waals surface area contributed by atoms with Gasteiger partial charge in [0.1, 0.15) is 18.0 Å². The topological polar surface area (TPSA) is 98.7 Å². The summed E-state index contributed by atoms with van der Waals surface area (Å²) in [5.74, 6) is -1.17. The van der Waals surface area contributed by atoms with Crippen LogP contribution in [0.3, 0.4) is 0 Å². The Hall–Kier alpha value is -1.87. The van der Waals surface area contributed by atoms with Gasteiger partial charge in [0.05, 0.1) is 0 Å². The van der Waals surface area contributed by atoms with Gasteiger partial charge in [-0.05, 0) is 61.4 Å². The molecule has 1 heterocycles. The summed E-state index contributed by atoms with van der Waals surface area (Å²) in [6.07, 6.45) is 2.16. The largest absolute Gasteiger partial charge is 0.506 e. The van der Waals surface area contributed by atoms with E-state index in [4.69, 9.17) is 0 Å². The number of phenols is 1. The summed E-state index contributed by atoms with van der Waals surface area (Å²) in [6.45, 7) is 5.39. The first kappa shape index (κ1) is 18.9. The minimum Gasteiger partial charge on any atom is -0.506 e. The van der Waals surface area contributed by atoms with E-state index in [1.54, 1.807) is 4.72 Å². The molecule has 1 unspecified atom stereocenters. The molecule has 0 aromatic heterocycles. The Morgan fingerprint density at radius 3 is 2.77 bits per heavy atom. The van der Waals surface area contributed by atoms with Gasteiger partial charge in [0.25, 0.3) is 5.91 Å². The molecule has 1 amide bonds. The second-order valence-electron chi connectivity index (χ2n) is 7.39. The van der Waals surface area contributed by atoms with E-state index in [0.29, 0.717) is 34.2 Å². The lowest BCUT2D eigenvalue weighted by atomic mass is 10.1. The zero-order valence-corrected chi connectivity index (χ0v) is 15.7. The predicted octanol–water partition coefficient (Wildman–Crippen LogP) is 1.06. The fraction of sp³-hybridized carbons (Fsp3) is 0.588. The predicted molar refractivity (Wildman–Crippen MR) is 95.7 cm³/mol. The first-order valence-electron chi connectivity index (χ1n) is 8.76. The van der Waals surface area contributed by atoms with Crippen molar-refractivity contribution in [3.63, 3.8) is 0 Å². The Kier molecular flexibility index (Phi) is 5.12. The quantitative estimate of drug-likeness (QED) is 0.636. The summed E-state index contributed by atoms with van der Waals surface area (Å²) in [5, 5.41) is 13.6. The molecule has 1 saturated heterocycles. The molecule has 1 fully saturated rings. The lowest BCUT2D eigenvalue weighted by Crippen LogP contribution is -2.30. The highest BCUT2D eigenvalue weighted by molar-refractivity contribution is 7.92. The van der Waals surface area contributed by atoms with E-state index >= 15 is 0 Å². The van der Waals surface area contributed by atoms with Crippen LogP contribution in [-0.2, 0) is 27.8 Å². The molecule has 2 aliphatic rings. The van der Waals surface area contributed by atoms with E-state index in [1.165, 1.54) is 6.07 Å². The number of phenolic OH excluding ortho intramolecular Hbond substituents is 1. The van der Waals surface area contributed by atoms with Gasteiger partial charge in [-0.2, -0.15) is 8.42 Å². The van der Waals surface area contributed by atoms with Crippen LogP contribution in [0.5, 0.6) is 5.75 Å². The zero-order chi connectivity index (χ0) is 19.1. The van der Waals surface area contributed by atoms with Crippen molar-refractivity contribution in [1.82, 2.24) is 10.0 Å². The molecule has 3 rings (SSSR count). The van der Waals surface area contributed by atoms with Crippen LogP contribution in [-0.4, -0.2) is 39.1 Å². The van der Waals surface area contributed by atoms with Crippen molar-refractivity contribution in [1.29, 1.82) is 0 Å². The Morgan fingerprint density at radius 1 is 1.42 bits per heavy atom. The number of hydrogen-bond acceptors (Lipinski definition) is 5. The van der Waals surface area contributed by atoms with E-state index < -0.39 is 39.9 Å². The van der Waals surface area contributed by atoms with Crippen molar-refractivity contribution < 1.29 is 22.7 Å². The molecule has 0 spiro atoms. The van der Waals surface area contributed by atoms with Crippen LogP contribution >= 0.6 is 0 Å². The second-order valence-corrected chi connectivity index (χ2v) is 8.99. The minimum absolute atomic E-state index is 0.191. The number of fused-ring (bicyclic) bond motifs is 1. The average molecular weight is 385 g/mol. The van der Waals surface area contributed by atoms with E-state index in [2.05, 4.69) is 19.2 Å². The highest BCUT2D eigenvalue weighted by Gasteiger charge is 2.39. The van der Waals surface area contributed by atoms with Gasteiger partial charge in [-0.3, -0.25) is 4.79 Å². The SMILES string of the molecule is CC(C)CCNCC1Cc2cc(O)c(N3CC(=O)NS3(=O)=O)c(F)c2C1. The number of nitrogens with zero attached hydrogens (tertiary/aromatic N) is 1. The van der Waals surface area contributed by atoms with Gasteiger partial charge >= 0.3 is 10.2 Å². The molecular weight excluding hydrogens is 361 g/mol. The molecule has 0 bridgehead atoms. The summed E-state index contributed by atoms with van der Waals surface area (Å²) < 4.78 is 41.3. The summed E-state index contributed by atoms with van der Waals surface area (Å²) in [4.78, 5) is 11.4. The van der Waals surface area contributed by atoms with Gasteiger partial charge in [0.15, 0.2) is 5.82 Å². The van der Waals surface area contributed by atoms with Crippen LogP contribution in [0.1, 0.15) is 31.4 Å². The molecule has 7 nitrogen and oxygen atoms in total. The average Bonchev–Trinajstić information content (AvgIpc) is 3.04.